The van der Waals surface area contributed by atoms with Crippen molar-refractivity contribution >= 4 is 17.5 Å². The number of methoxy groups -OCH3 is 4. The minimum atomic E-state index is 0.451. The van der Waals surface area contributed by atoms with E-state index in [0.29, 0.717) is 42.2 Å². The molecule has 8 nitrogen and oxygen atoms in total. The number of hydrogen-bond donors (Lipinski definition) is 2. The number of rotatable bonds is 9. The molecular weight excluding hydrogens is 312 g/mol. The minimum absolute atomic E-state index is 0.451. The molecule has 1 aromatic heterocycles. The molecule has 0 aliphatic carbocycles. The maximum absolute atomic E-state index is 5.33. The molecule has 2 N–H and O–H groups in total. The Morgan fingerprint density at radius 1 is 1.00 bits per heavy atom. The quantitative estimate of drug-likeness (QED) is 0.676. The van der Waals surface area contributed by atoms with E-state index in [1.165, 1.54) is 0 Å². The van der Waals surface area contributed by atoms with E-state index in [0.717, 1.165) is 5.69 Å². The predicted octanol–water partition coefficient (Wildman–Crippen LogP) is 2.30. The highest BCUT2D eigenvalue weighted by atomic mass is 16.5. The van der Waals surface area contributed by atoms with Gasteiger partial charge in [-0.1, -0.05) is 0 Å². The molecule has 0 atom stereocenters. The van der Waals surface area contributed by atoms with E-state index in [-0.39, 0.29) is 0 Å². The van der Waals surface area contributed by atoms with E-state index in [9.17, 15) is 0 Å². The second-order valence-electron chi connectivity index (χ2n) is 4.72. The van der Waals surface area contributed by atoms with Crippen LogP contribution in [-0.2, 0) is 4.74 Å². The molecule has 0 radical (unpaired) electrons. The summed E-state index contributed by atoms with van der Waals surface area (Å²) in [5.74, 6) is 2.78. The van der Waals surface area contributed by atoms with Crippen LogP contribution in [0.25, 0.3) is 0 Å². The molecular formula is C16H22N4O4. The smallest absolute Gasteiger partial charge is 0.229 e. The van der Waals surface area contributed by atoms with Gasteiger partial charge in [0.05, 0.1) is 27.9 Å². The normalized spacial score (nSPS) is 10.2. The zero-order valence-corrected chi connectivity index (χ0v) is 14.3. The first-order valence-electron chi connectivity index (χ1n) is 7.34. The Balaban J connectivity index is 2.20. The van der Waals surface area contributed by atoms with Gasteiger partial charge in [-0.25, -0.2) is 4.98 Å². The third-order valence-corrected chi connectivity index (χ3v) is 3.19. The van der Waals surface area contributed by atoms with Gasteiger partial charge in [0.1, 0.15) is 5.82 Å². The van der Waals surface area contributed by atoms with Gasteiger partial charge in [-0.3, -0.25) is 0 Å². The average Bonchev–Trinajstić information content (AvgIpc) is 2.61. The molecule has 0 bridgehead atoms. The number of aromatic nitrogens is 2. The molecule has 0 fully saturated rings. The molecule has 0 saturated carbocycles. The molecule has 0 spiro atoms. The largest absolute Gasteiger partial charge is 0.493 e. The van der Waals surface area contributed by atoms with E-state index in [4.69, 9.17) is 18.9 Å². The van der Waals surface area contributed by atoms with E-state index >= 15 is 0 Å². The van der Waals surface area contributed by atoms with Gasteiger partial charge in [0.15, 0.2) is 11.5 Å². The Kier molecular flexibility index (Phi) is 6.44. The van der Waals surface area contributed by atoms with Gasteiger partial charge in [-0.2, -0.15) is 4.98 Å². The zero-order valence-electron chi connectivity index (χ0n) is 14.3. The summed E-state index contributed by atoms with van der Waals surface area (Å²) < 4.78 is 21.0. The molecule has 8 heteroatoms. The van der Waals surface area contributed by atoms with Crippen LogP contribution < -0.4 is 24.8 Å². The van der Waals surface area contributed by atoms with Crippen LogP contribution in [0.15, 0.2) is 24.4 Å². The molecule has 1 aromatic carbocycles. The van der Waals surface area contributed by atoms with Crippen molar-refractivity contribution in [3.05, 3.63) is 24.4 Å². The van der Waals surface area contributed by atoms with Gasteiger partial charge < -0.3 is 29.6 Å². The number of nitrogens with one attached hydrogen (secondary N) is 2. The summed E-state index contributed by atoms with van der Waals surface area (Å²) in [6.07, 6.45) is 1.67. The molecule has 0 aliphatic rings. The van der Waals surface area contributed by atoms with Crippen LogP contribution in [0.4, 0.5) is 17.5 Å². The highest BCUT2D eigenvalue weighted by molar-refractivity contribution is 5.66. The van der Waals surface area contributed by atoms with Crippen LogP contribution in [-0.4, -0.2) is 51.6 Å². The molecule has 130 valence electrons. The average molecular weight is 334 g/mol. The SMILES string of the molecule is COCCNc1ccnc(Nc2cc(OC)c(OC)c(OC)c2)n1. The maximum atomic E-state index is 5.33. The van der Waals surface area contributed by atoms with Crippen molar-refractivity contribution in [1.29, 1.82) is 0 Å². The lowest BCUT2D eigenvalue weighted by Crippen LogP contribution is -2.09. The summed E-state index contributed by atoms with van der Waals surface area (Å²) in [7, 11) is 6.35. The Bertz CT molecular complexity index is 641. The first-order valence-corrected chi connectivity index (χ1v) is 7.34. The summed E-state index contributed by atoms with van der Waals surface area (Å²) in [6, 6.07) is 5.36. The van der Waals surface area contributed by atoms with E-state index < -0.39 is 0 Å². The second kappa shape index (κ2) is 8.78. The van der Waals surface area contributed by atoms with Gasteiger partial charge in [-0.15, -0.1) is 0 Å². The van der Waals surface area contributed by atoms with Crippen molar-refractivity contribution in [2.45, 2.75) is 0 Å². The molecule has 24 heavy (non-hydrogen) atoms. The fraction of sp³-hybridized carbons (Fsp3) is 0.375. The zero-order chi connectivity index (χ0) is 17.4. The van der Waals surface area contributed by atoms with E-state index in [1.807, 2.05) is 0 Å². The molecule has 0 aliphatic heterocycles. The van der Waals surface area contributed by atoms with Gasteiger partial charge in [0.2, 0.25) is 11.7 Å². The van der Waals surface area contributed by atoms with Crippen LogP contribution in [0.3, 0.4) is 0 Å². The van der Waals surface area contributed by atoms with Crippen molar-refractivity contribution in [3.8, 4) is 17.2 Å². The van der Waals surface area contributed by atoms with Gasteiger partial charge in [0, 0.05) is 37.7 Å². The molecule has 2 aromatic rings. The van der Waals surface area contributed by atoms with Crippen LogP contribution >= 0.6 is 0 Å². The Labute approximate surface area is 141 Å². The lowest BCUT2D eigenvalue weighted by molar-refractivity contribution is 0.210. The topological polar surface area (TPSA) is 86.8 Å². The number of nitrogens with zero attached hydrogens (tertiary/aromatic N) is 2. The third kappa shape index (κ3) is 4.39. The van der Waals surface area contributed by atoms with Crippen molar-refractivity contribution in [2.24, 2.45) is 0 Å². The standard InChI is InChI=1S/C16H22N4O4/c1-21-8-7-17-14-5-6-18-16(20-14)19-11-9-12(22-2)15(24-4)13(10-11)23-3/h5-6,9-10H,7-8H2,1-4H3,(H2,17,18,19,20). The highest BCUT2D eigenvalue weighted by Gasteiger charge is 2.13. The van der Waals surface area contributed by atoms with Crippen molar-refractivity contribution < 1.29 is 18.9 Å². The fourth-order valence-corrected chi connectivity index (χ4v) is 2.08. The van der Waals surface area contributed by atoms with Crippen LogP contribution in [0.5, 0.6) is 17.2 Å². The Hall–Kier alpha value is -2.74. The van der Waals surface area contributed by atoms with Crippen LogP contribution in [0.2, 0.25) is 0 Å². The summed E-state index contributed by atoms with van der Waals surface area (Å²) in [5.41, 5.74) is 0.721. The lowest BCUT2D eigenvalue weighted by atomic mass is 10.2. The predicted molar refractivity (Wildman–Crippen MR) is 91.8 cm³/mol. The first-order chi connectivity index (χ1) is 11.7. The first kappa shape index (κ1) is 17.6. The molecule has 0 saturated heterocycles. The Morgan fingerprint density at radius 2 is 1.71 bits per heavy atom. The van der Waals surface area contributed by atoms with Crippen LogP contribution in [0.1, 0.15) is 0 Å². The molecule has 1 heterocycles. The van der Waals surface area contributed by atoms with Crippen molar-refractivity contribution in [2.75, 3.05) is 52.2 Å². The molecule has 0 unspecified atom stereocenters. The maximum Gasteiger partial charge on any atom is 0.229 e. The third-order valence-electron chi connectivity index (χ3n) is 3.19. The summed E-state index contributed by atoms with van der Waals surface area (Å²) in [4.78, 5) is 8.60. The second-order valence-corrected chi connectivity index (χ2v) is 4.72. The summed E-state index contributed by atoms with van der Waals surface area (Å²) >= 11 is 0. The number of ether oxygens (including phenoxy) is 4. The number of benzene rings is 1. The lowest BCUT2D eigenvalue weighted by Gasteiger charge is -2.14. The van der Waals surface area contributed by atoms with Gasteiger partial charge in [0.25, 0.3) is 0 Å². The van der Waals surface area contributed by atoms with Gasteiger partial charge >= 0.3 is 0 Å². The minimum Gasteiger partial charge on any atom is -0.493 e. The fourth-order valence-electron chi connectivity index (χ4n) is 2.08. The Morgan fingerprint density at radius 3 is 2.29 bits per heavy atom. The summed E-state index contributed by atoms with van der Waals surface area (Å²) in [6.45, 7) is 1.26. The molecule has 0 amide bonds. The van der Waals surface area contributed by atoms with Crippen LogP contribution in [0, 0.1) is 0 Å². The number of hydrogen-bond acceptors (Lipinski definition) is 8. The van der Waals surface area contributed by atoms with Crippen molar-refractivity contribution in [1.82, 2.24) is 9.97 Å². The van der Waals surface area contributed by atoms with Crippen molar-refractivity contribution in [3.63, 3.8) is 0 Å². The van der Waals surface area contributed by atoms with Gasteiger partial charge in [-0.05, 0) is 6.07 Å². The van der Waals surface area contributed by atoms with E-state index in [2.05, 4.69) is 20.6 Å². The summed E-state index contributed by atoms with van der Waals surface area (Å²) in [5, 5.41) is 6.28. The number of anilines is 3. The highest BCUT2D eigenvalue weighted by Crippen LogP contribution is 2.40. The van der Waals surface area contributed by atoms with E-state index in [1.54, 1.807) is 52.8 Å². The monoisotopic (exact) mass is 334 g/mol. The molecule has 2 rings (SSSR count).